The van der Waals surface area contributed by atoms with E-state index in [0.29, 0.717) is 18.7 Å². The van der Waals surface area contributed by atoms with Crippen molar-refractivity contribution in [2.45, 2.75) is 0 Å². The first-order chi connectivity index (χ1) is 7.83. The van der Waals surface area contributed by atoms with Gasteiger partial charge in [-0.2, -0.15) is 5.26 Å². The van der Waals surface area contributed by atoms with Crippen molar-refractivity contribution < 1.29 is 4.79 Å². The molecule has 16 heavy (non-hydrogen) atoms. The maximum absolute atomic E-state index is 12.1. The van der Waals surface area contributed by atoms with Crippen LogP contribution < -0.4 is 5.32 Å². The molecule has 2 rings (SSSR count). The molecule has 5 nitrogen and oxygen atoms in total. The summed E-state index contributed by atoms with van der Waals surface area (Å²) >= 11 is 0. The number of nitriles is 1. The van der Waals surface area contributed by atoms with E-state index in [2.05, 4.69) is 10.3 Å². The highest BCUT2D eigenvalue weighted by molar-refractivity contribution is 5.96. The molecule has 1 aliphatic heterocycles. The van der Waals surface area contributed by atoms with Gasteiger partial charge in [-0.3, -0.25) is 4.79 Å². The van der Waals surface area contributed by atoms with E-state index in [4.69, 9.17) is 5.26 Å². The molecule has 0 aliphatic carbocycles. The average molecular weight is 216 g/mol. The Kier molecular flexibility index (Phi) is 3.13. The van der Waals surface area contributed by atoms with Gasteiger partial charge in [-0.15, -0.1) is 0 Å². The number of piperazine rings is 1. The second-order valence-corrected chi connectivity index (χ2v) is 3.55. The lowest BCUT2D eigenvalue weighted by Crippen LogP contribution is -2.46. The van der Waals surface area contributed by atoms with Gasteiger partial charge in [0.2, 0.25) is 0 Å². The van der Waals surface area contributed by atoms with Gasteiger partial charge in [0.05, 0.1) is 5.56 Å². The van der Waals surface area contributed by atoms with Crippen LogP contribution in [0.1, 0.15) is 16.1 Å². The Morgan fingerprint density at radius 3 is 2.94 bits per heavy atom. The van der Waals surface area contributed by atoms with Crippen LogP contribution in [0.3, 0.4) is 0 Å². The van der Waals surface area contributed by atoms with Gasteiger partial charge in [0.25, 0.3) is 5.91 Å². The highest BCUT2D eigenvalue weighted by Crippen LogP contribution is 2.08. The summed E-state index contributed by atoms with van der Waals surface area (Å²) in [6.45, 7) is 2.96. The average Bonchev–Trinajstić information content (AvgIpc) is 2.39. The third kappa shape index (κ3) is 2.02. The predicted octanol–water partition coefficient (Wildman–Crippen LogP) is -0.00132. The molecule has 0 saturated carbocycles. The fourth-order valence-electron chi connectivity index (χ4n) is 1.71. The van der Waals surface area contributed by atoms with Gasteiger partial charge in [-0.1, -0.05) is 0 Å². The number of pyridine rings is 1. The van der Waals surface area contributed by atoms with Gasteiger partial charge in [0.15, 0.2) is 5.69 Å². The van der Waals surface area contributed by atoms with E-state index >= 15 is 0 Å². The third-order valence-corrected chi connectivity index (χ3v) is 2.55. The van der Waals surface area contributed by atoms with E-state index in [1.165, 1.54) is 6.20 Å². The Morgan fingerprint density at radius 1 is 1.50 bits per heavy atom. The second-order valence-electron chi connectivity index (χ2n) is 3.55. The number of rotatable bonds is 1. The van der Waals surface area contributed by atoms with Crippen LogP contribution >= 0.6 is 0 Å². The van der Waals surface area contributed by atoms with Gasteiger partial charge in [0, 0.05) is 32.4 Å². The Hall–Kier alpha value is -1.93. The Balaban J connectivity index is 2.23. The fourth-order valence-corrected chi connectivity index (χ4v) is 1.71. The molecule has 1 aromatic rings. The molecule has 1 saturated heterocycles. The minimum Gasteiger partial charge on any atom is -0.336 e. The SMILES string of the molecule is N#Cc1ncccc1C(=O)N1CCNCC1. The first-order valence-corrected chi connectivity index (χ1v) is 5.18. The topological polar surface area (TPSA) is 69.0 Å². The van der Waals surface area contributed by atoms with Crippen molar-refractivity contribution >= 4 is 5.91 Å². The molecule has 2 heterocycles. The largest absolute Gasteiger partial charge is 0.336 e. The third-order valence-electron chi connectivity index (χ3n) is 2.55. The van der Waals surface area contributed by atoms with Crippen molar-refractivity contribution in [3.05, 3.63) is 29.6 Å². The highest BCUT2D eigenvalue weighted by Gasteiger charge is 2.20. The van der Waals surface area contributed by atoms with Crippen LogP contribution in [-0.4, -0.2) is 42.0 Å². The van der Waals surface area contributed by atoms with Crippen LogP contribution in [0.4, 0.5) is 0 Å². The second kappa shape index (κ2) is 4.73. The number of carbonyl (C=O) groups excluding carboxylic acids is 1. The summed E-state index contributed by atoms with van der Waals surface area (Å²) < 4.78 is 0. The molecule has 0 spiro atoms. The number of aromatic nitrogens is 1. The van der Waals surface area contributed by atoms with E-state index in [9.17, 15) is 4.79 Å². The number of amides is 1. The van der Waals surface area contributed by atoms with Crippen LogP contribution in [0.5, 0.6) is 0 Å². The van der Waals surface area contributed by atoms with E-state index in [1.54, 1.807) is 17.0 Å². The van der Waals surface area contributed by atoms with Crippen LogP contribution in [0.25, 0.3) is 0 Å². The van der Waals surface area contributed by atoms with Gasteiger partial charge < -0.3 is 10.2 Å². The van der Waals surface area contributed by atoms with Crippen molar-refractivity contribution in [1.82, 2.24) is 15.2 Å². The summed E-state index contributed by atoms with van der Waals surface area (Å²) in [5.74, 6) is -0.105. The van der Waals surface area contributed by atoms with E-state index in [0.717, 1.165) is 13.1 Å². The van der Waals surface area contributed by atoms with Crippen LogP contribution in [0.2, 0.25) is 0 Å². The molecule has 0 aromatic carbocycles. The first-order valence-electron chi connectivity index (χ1n) is 5.18. The number of hydrogen-bond donors (Lipinski definition) is 1. The van der Waals surface area contributed by atoms with Crippen LogP contribution in [0.15, 0.2) is 18.3 Å². The quantitative estimate of drug-likeness (QED) is 0.717. The zero-order valence-electron chi connectivity index (χ0n) is 8.81. The van der Waals surface area contributed by atoms with Gasteiger partial charge >= 0.3 is 0 Å². The maximum Gasteiger partial charge on any atom is 0.256 e. The normalized spacial score (nSPS) is 15.6. The molecule has 1 aromatic heterocycles. The molecular formula is C11H12N4O. The molecule has 0 bridgehead atoms. The molecular weight excluding hydrogens is 204 g/mol. The summed E-state index contributed by atoms with van der Waals surface area (Å²) in [6.07, 6.45) is 1.52. The monoisotopic (exact) mass is 216 g/mol. The number of nitrogens with zero attached hydrogens (tertiary/aromatic N) is 3. The van der Waals surface area contributed by atoms with Crippen LogP contribution in [0, 0.1) is 11.3 Å². The summed E-state index contributed by atoms with van der Waals surface area (Å²) in [4.78, 5) is 17.7. The summed E-state index contributed by atoms with van der Waals surface area (Å²) in [6, 6.07) is 5.27. The Morgan fingerprint density at radius 2 is 2.25 bits per heavy atom. The standard InChI is InChI=1S/C11H12N4O/c12-8-10-9(2-1-3-14-10)11(16)15-6-4-13-5-7-15/h1-3,13H,4-7H2. The molecule has 1 fully saturated rings. The van der Waals surface area contributed by atoms with E-state index in [-0.39, 0.29) is 11.6 Å². The lowest BCUT2D eigenvalue weighted by atomic mass is 10.1. The number of hydrogen-bond acceptors (Lipinski definition) is 4. The van der Waals surface area contributed by atoms with Crippen molar-refractivity contribution in [3.63, 3.8) is 0 Å². The lowest BCUT2D eigenvalue weighted by molar-refractivity contribution is 0.0735. The zero-order chi connectivity index (χ0) is 11.4. The minimum atomic E-state index is -0.105. The maximum atomic E-state index is 12.1. The van der Waals surface area contributed by atoms with Gasteiger partial charge in [-0.05, 0) is 12.1 Å². The van der Waals surface area contributed by atoms with E-state index < -0.39 is 0 Å². The molecule has 1 amide bonds. The summed E-state index contributed by atoms with van der Waals surface area (Å²) in [7, 11) is 0. The molecule has 1 N–H and O–H groups in total. The first kappa shape index (κ1) is 10.6. The zero-order valence-corrected chi connectivity index (χ0v) is 8.81. The highest BCUT2D eigenvalue weighted by atomic mass is 16.2. The molecule has 82 valence electrons. The Bertz CT molecular complexity index is 432. The summed E-state index contributed by atoms with van der Waals surface area (Å²) in [5.41, 5.74) is 0.595. The molecule has 1 aliphatic rings. The van der Waals surface area contributed by atoms with Crippen molar-refractivity contribution in [3.8, 4) is 6.07 Å². The molecule has 5 heteroatoms. The van der Waals surface area contributed by atoms with E-state index in [1.807, 2.05) is 6.07 Å². The lowest BCUT2D eigenvalue weighted by Gasteiger charge is -2.27. The predicted molar refractivity (Wildman–Crippen MR) is 57.7 cm³/mol. The minimum absolute atomic E-state index is 0.105. The van der Waals surface area contributed by atoms with Crippen molar-refractivity contribution in [1.29, 1.82) is 5.26 Å². The molecule has 0 unspecified atom stereocenters. The molecule has 0 radical (unpaired) electrons. The van der Waals surface area contributed by atoms with Gasteiger partial charge in [0.1, 0.15) is 6.07 Å². The van der Waals surface area contributed by atoms with Gasteiger partial charge in [-0.25, -0.2) is 4.98 Å². The molecule has 0 atom stereocenters. The number of carbonyl (C=O) groups is 1. The van der Waals surface area contributed by atoms with Crippen molar-refractivity contribution in [2.24, 2.45) is 0 Å². The van der Waals surface area contributed by atoms with Crippen molar-refractivity contribution in [2.75, 3.05) is 26.2 Å². The fraction of sp³-hybridized carbons (Fsp3) is 0.364. The summed E-state index contributed by atoms with van der Waals surface area (Å²) in [5, 5.41) is 12.0. The Labute approximate surface area is 93.7 Å². The number of nitrogens with one attached hydrogen (secondary N) is 1. The smallest absolute Gasteiger partial charge is 0.256 e. The van der Waals surface area contributed by atoms with Crippen LogP contribution in [-0.2, 0) is 0 Å².